The van der Waals surface area contributed by atoms with Gasteiger partial charge < -0.3 is 14.7 Å². The van der Waals surface area contributed by atoms with Gasteiger partial charge in [-0.1, -0.05) is 0 Å². The highest BCUT2D eigenvalue weighted by Crippen LogP contribution is 2.22. The number of nitrogens with zero attached hydrogens (tertiary/aromatic N) is 2. The van der Waals surface area contributed by atoms with Crippen molar-refractivity contribution in [2.24, 2.45) is 0 Å². The highest BCUT2D eigenvalue weighted by atomic mass is 19.1. The number of anilines is 1. The van der Waals surface area contributed by atoms with E-state index in [-0.39, 0.29) is 18.2 Å². The Labute approximate surface area is 130 Å². The van der Waals surface area contributed by atoms with Crippen LogP contribution in [0.3, 0.4) is 0 Å². The fourth-order valence-corrected chi connectivity index (χ4v) is 2.55. The first-order chi connectivity index (χ1) is 10.6. The first-order valence-electron chi connectivity index (χ1n) is 7.58. The molecule has 0 saturated carbocycles. The van der Waals surface area contributed by atoms with E-state index < -0.39 is 0 Å². The molecule has 0 spiro atoms. The van der Waals surface area contributed by atoms with Gasteiger partial charge in [0.05, 0.1) is 25.5 Å². The quantitative estimate of drug-likeness (QED) is 0.605. The van der Waals surface area contributed by atoms with E-state index in [2.05, 4.69) is 4.90 Å². The lowest BCUT2D eigenvalue weighted by Gasteiger charge is -2.36. The summed E-state index contributed by atoms with van der Waals surface area (Å²) in [4.78, 5) is 15.5. The largest absolute Gasteiger partial charge is 0.394 e. The molecule has 1 aromatic rings. The molecule has 5 nitrogen and oxygen atoms in total. The Kier molecular flexibility index (Phi) is 6.30. The average molecular weight is 310 g/mol. The molecule has 1 aromatic carbocycles. The summed E-state index contributed by atoms with van der Waals surface area (Å²) in [5, 5.41) is 8.64. The van der Waals surface area contributed by atoms with Crippen LogP contribution < -0.4 is 4.90 Å². The molecule has 0 amide bonds. The van der Waals surface area contributed by atoms with Gasteiger partial charge >= 0.3 is 0 Å². The van der Waals surface area contributed by atoms with E-state index in [4.69, 9.17) is 9.84 Å². The lowest BCUT2D eigenvalue weighted by molar-refractivity contribution is 0.0724. The van der Waals surface area contributed by atoms with Crippen molar-refractivity contribution in [3.05, 3.63) is 29.6 Å². The van der Waals surface area contributed by atoms with Crippen molar-refractivity contribution >= 4 is 11.5 Å². The van der Waals surface area contributed by atoms with Gasteiger partial charge in [0, 0.05) is 38.3 Å². The second-order valence-electron chi connectivity index (χ2n) is 5.39. The topological polar surface area (TPSA) is 53.0 Å². The van der Waals surface area contributed by atoms with Crippen LogP contribution in [-0.4, -0.2) is 68.3 Å². The summed E-state index contributed by atoms with van der Waals surface area (Å²) >= 11 is 0. The number of Topliss-reactive ketones (excluding diaryl/α,β-unsaturated/α-hetero) is 1. The molecule has 22 heavy (non-hydrogen) atoms. The van der Waals surface area contributed by atoms with Crippen LogP contribution in [-0.2, 0) is 4.74 Å². The van der Waals surface area contributed by atoms with Crippen molar-refractivity contribution in [3.8, 4) is 0 Å². The van der Waals surface area contributed by atoms with Gasteiger partial charge in [-0.05, 0) is 25.1 Å². The first-order valence-corrected chi connectivity index (χ1v) is 7.58. The number of rotatable bonds is 7. The Hall–Kier alpha value is -1.50. The number of ketones is 1. The summed E-state index contributed by atoms with van der Waals surface area (Å²) in [5.74, 6) is -0.467. The zero-order chi connectivity index (χ0) is 15.9. The van der Waals surface area contributed by atoms with Gasteiger partial charge in [0.1, 0.15) is 5.82 Å². The third-order valence-electron chi connectivity index (χ3n) is 3.85. The Morgan fingerprint density at radius 1 is 1.27 bits per heavy atom. The predicted molar refractivity (Wildman–Crippen MR) is 83.0 cm³/mol. The normalized spacial score (nSPS) is 16.0. The van der Waals surface area contributed by atoms with Crippen LogP contribution in [0.4, 0.5) is 10.1 Å². The van der Waals surface area contributed by atoms with Gasteiger partial charge in [0.25, 0.3) is 0 Å². The summed E-state index contributed by atoms with van der Waals surface area (Å²) in [6.45, 7) is 6.45. The first kappa shape index (κ1) is 16.9. The maximum absolute atomic E-state index is 14.1. The van der Waals surface area contributed by atoms with Crippen molar-refractivity contribution in [2.45, 2.75) is 6.92 Å². The lowest BCUT2D eigenvalue weighted by atomic mass is 10.1. The second kappa shape index (κ2) is 8.22. The number of ether oxygens (including phenoxy) is 1. The summed E-state index contributed by atoms with van der Waals surface area (Å²) in [5.41, 5.74) is 0.960. The van der Waals surface area contributed by atoms with Gasteiger partial charge in [-0.15, -0.1) is 0 Å². The Balaban J connectivity index is 1.85. The number of carbonyl (C=O) groups excluding carboxylic acids is 1. The van der Waals surface area contributed by atoms with Crippen LogP contribution in [0.25, 0.3) is 0 Å². The molecule has 1 fully saturated rings. The minimum Gasteiger partial charge on any atom is -0.394 e. The molecule has 1 aliphatic rings. The van der Waals surface area contributed by atoms with Crippen LogP contribution in [0, 0.1) is 5.82 Å². The van der Waals surface area contributed by atoms with E-state index in [0.717, 1.165) is 32.7 Å². The molecular weight excluding hydrogens is 287 g/mol. The molecule has 1 aliphatic heterocycles. The van der Waals surface area contributed by atoms with E-state index >= 15 is 0 Å². The Bertz CT molecular complexity index is 502. The Morgan fingerprint density at radius 3 is 2.59 bits per heavy atom. The fourth-order valence-electron chi connectivity index (χ4n) is 2.55. The molecule has 0 bridgehead atoms. The molecule has 0 atom stereocenters. The van der Waals surface area contributed by atoms with E-state index in [1.807, 2.05) is 4.90 Å². The maximum Gasteiger partial charge on any atom is 0.159 e. The fraction of sp³-hybridized carbons (Fsp3) is 0.562. The van der Waals surface area contributed by atoms with E-state index in [9.17, 15) is 9.18 Å². The monoisotopic (exact) mass is 310 g/mol. The van der Waals surface area contributed by atoms with Crippen LogP contribution >= 0.6 is 0 Å². The van der Waals surface area contributed by atoms with Crippen molar-refractivity contribution < 1.29 is 19.0 Å². The van der Waals surface area contributed by atoms with E-state index in [1.165, 1.54) is 13.0 Å². The zero-order valence-corrected chi connectivity index (χ0v) is 12.9. The Morgan fingerprint density at radius 2 is 2.00 bits per heavy atom. The van der Waals surface area contributed by atoms with Crippen molar-refractivity contribution in [1.82, 2.24) is 4.90 Å². The number of hydrogen-bond donors (Lipinski definition) is 1. The summed E-state index contributed by atoms with van der Waals surface area (Å²) in [7, 11) is 0. The van der Waals surface area contributed by atoms with Crippen LogP contribution in [0.2, 0.25) is 0 Å². The molecule has 6 heteroatoms. The number of benzene rings is 1. The minimum atomic E-state index is -0.340. The molecule has 122 valence electrons. The van der Waals surface area contributed by atoms with E-state index in [0.29, 0.717) is 24.5 Å². The standard InChI is InChI=1S/C16H23FN2O3/c1-13(21)14-2-3-16(15(17)12-14)19-6-4-18(5-7-19)8-10-22-11-9-20/h2-3,12,20H,4-11H2,1H3. The van der Waals surface area contributed by atoms with Gasteiger partial charge in [-0.2, -0.15) is 0 Å². The van der Waals surface area contributed by atoms with Crippen LogP contribution in [0.5, 0.6) is 0 Å². The molecule has 1 heterocycles. The molecular formula is C16H23FN2O3. The number of carbonyl (C=O) groups is 1. The molecule has 1 saturated heterocycles. The molecule has 0 aliphatic carbocycles. The lowest BCUT2D eigenvalue weighted by Crippen LogP contribution is -2.47. The SMILES string of the molecule is CC(=O)c1ccc(N2CCN(CCOCCO)CC2)c(F)c1. The average Bonchev–Trinajstić information content (AvgIpc) is 2.52. The predicted octanol–water partition coefficient (Wildman–Crippen LogP) is 1.16. The number of piperazine rings is 1. The van der Waals surface area contributed by atoms with Gasteiger partial charge in [0.2, 0.25) is 0 Å². The third-order valence-corrected chi connectivity index (χ3v) is 3.85. The smallest absolute Gasteiger partial charge is 0.159 e. The molecule has 0 unspecified atom stereocenters. The highest BCUT2D eigenvalue weighted by molar-refractivity contribution is 5.94. The summed E-state index contributed by atoms with van der Waals surface area (Å²) in [6, 6.07) is 4.68. The number of aliphatic hydroxyl groups excluding tert-OH is 1. The van der Waals surface area contributed by atoms with E-state index in [1.54, 1.807) is 12.1 Å². The number of halogens is 1. The maximum atomic E-state index is 14.1. The minimum absolute atomic E-state index is 0.0450. The number of aliphatic hydroxyl groups is 1. The molecule has 1 N–H and O–H groups in total. The van der Waals surface area contributed by atoms with Crippen molar-refractivity contribution in [2.75, 3.05) is 57.4 Å². The van der Waals surface area contributed by atoms with Gasteiger partial charge in [0.15, 0.2) is 5.78 Å². The second-order valence-corrected chi connectivity index (χ2v) is 5.39. The summed E-state index contributed by atoms with van der Waals surface area (Å²) < 4.78 is 19.4. The molecule has 0 radical (unpaired) electrons. The van der Waals surface area contributed by atoms with Crippen molar-refractivity contribution in [1.29, 1.82) is 0 Å². The molecule has 0 aromatic heterocycles. The summed E-state index contributed by atoms with van der Waals surface area (Å²) in [6.07, 6.45) is 0. The number of hydrogen-bond acceptors (Lipinski definition) is 5. The van der Waals surface area contributed by atoms with Gasteiger partial charge in [-0.25, -0.2) is 4.39 Å². The van der Waals surface area contributed by atoms with Gasteiger partial charge in [-0.3, -0.25) is 9.69 Å². The third kappa shape index (κ3) is 4.50. The zero-order valence-electron chi connectivity index (χ0n) is 12.9. The van der Waals surface area contributed by atoms with Crippen LogP contribution in [0.1, 0.15) is 17.3 Å². The van der Waals surface area contributed by atoms with Crippen LogP contribution in [0.15, 0.2) is 18.2 Å². The van der Waals surface area contributed by atoms with Crippen molar-refractivity contribution in [3.63, 3.8) is 0 Å². The molecule has 2 rings (SSSR count). The highest BCUT2D eigenvalue weighted by Gasteiger charge is 2.19.